The first-order valence-corrected chi connectivity index (χ1v) is 6.75. The van der Waals surface area contributed by atoms with Crippen LogP contribution in [0.1, 0.15) is 10.4 Å². The number of carboxylic acids is 1. The molecule has 1 aromatic rings. The topological polar surface area (TPSA) is 180 Å². The third-order valence-corrected chi connectivity index (χ3v) is 3.50. The number of non-ortho nitro benzene ring substituents is 1. The highest BCUT2D eigenvalue weighted by Gasteiger charge is 2.45. The number of aliphatic hydroxyl groups excluding tert-OH is 4. The number of ether oxygens (including phenoxy) is 2. The van der Waals surface area contributed by atoms with E-state index >= 15 is 0 Å². The number of nitro groups is 1. The fourth-order valence-electron chi connectivity index (χ4n) is 2.19. The highest BCUT2D eigenvalue weighted by molar-refractivity contribution is 5.91. The molecule has 1 saturated heterocycles. The number of hydrogen-bond acceptors (Lipinski definition) is 9. The second-order valence-electron chi connectivity index (χ2n) is 5.06. The number of rotatable bonds is 5. The molecule has 0 radical (unpaired) electrons. The van der Waals surface area contributed by atoms with Crippen molar-refractivity contribution in [3.63, 3.8) is 0 Å². The Bertz CT molecular complexity index is 633. The van der Waals surface area contributed by atoms with E-state index in [0.717, 1.165) is 18.2 Å². The summed E-state index contributed by atoms with van der Waals surface area (Å²) in [6.07, 6.45) is -7.87. The van der Waals surface area contributed by atoms with Crippen molar-refractivity contribution in [1.82, 2.24) is 0 Å². The Hall–Kier alpha value is -2.31. The molecule has 1 fully saturated rings. The van der Waals surface area contributed by atoms with Gasteiger partial charge < -0.3 is 35.0 Å². The lowest BCUT2D eigenvalue weighted by atomic mass is 9.99. The molecule has 0 unspecified atom stereocenters. The van der Waals surface area contributed by atoms with E-state index < -0.39 is 59.5 Å². The average Bonchev–Trinajstić information content (AvgIpc) is 2.55. The smallest absolute Gasteiger partial charge is 0.339 e. The van der Waals surface area contributed by atoms with Crippen molar-refractivity contribution >= 4 is 11.7 Å². The molecule has 11 nitrogen and oxygen atoms in total. The van der Waals surface area contributed by atoms with Crippen LogP contribution >= 0.6 is 0 Å². The van der Waals surface area contributed by atoms with Crippen molar-refractivity contribution < 1.29 is 44.7 Å². The number of carboxylic acid groups (broad SMARTS) is 1. The van der Waals surface area contributed by atoms with Gasteiger partial charge in [-0.15, -0.1) is 0 Å². The highest BCUT2D eigenvalue weighted by atomic mass is 16.7. The molecule has 5 atom stereocenters. The normalized spacial score (nSPS) is 29.9. The van der Waals surface area contributed by atoms with Gasteiger partial charge in [-0.1, -0.05) is 0 Å². The van der Waals surface area contributed by atoms with Gasteiger partial charge in [0, 0.05) is 12.1 Å². The van der Waals surface area contributed by atoms with Crippen LogP contribution in [0.15, 0.2) is 18.2 Å². The molecule has 11 heteroatoms. The van der Waals surface area contributed by atoms with Crippen LogP contribution in [-0.4, -0.2) is 73.7 Å². The number of nitrogens with zero attached hydrogens (tertiary/aromatic N) is 1. The zero-order chi connectivity index (χ0) is 18.0. The number of carbonyl (C=O) groups is 1. The fraction of sp³-hybridized carbons (Fsp3) is 0.462. The van der Waals surface area contributed by atoms with Crippen LogP contribution in [0.25, 0.3) is 0 Å². The zero-order valence-electron chi connectivity index (χ0n) is 12.1. The number of hydrogen-bond donors (Lipinski definition) is 5. The fourth-order valence-corrected chi connectivity index (χ4v) is 2.19. The van der Waals surface area contributed by atoms with Gasteiger partial charge in [0.25, 0.3) is 5.69 Å². The summed E-state index contributed by atoms with van der Waals surface area (Å²) >= 11 is 0. The van der Waals surface area contributed by atoms with Gasteiger partial charge in [0.1, 0.15) is 35.7 Å². The molecule has 0 bridgehead atoms. The Morgan fingerprint density at radius 2 is 1.92 bits per heavy atom. The molecule has 5 N–H and O–H groups in total. The largest absolute Gasteiger partial charge is 0.478 e. The number of aliphatic hydroxyl groups is 4. The van der Waals surface area contributed by atoms with E-state index in [1.165, 1.54) is 0 Å². The van der Waals surface area contributed by atoms with Crippen molar-refractivity contribution in [2.75, 3.05) is 6.61 Å². The van der Waals surface area contributed by atoms with Crippen LogP contribution in [-0.2, 0) is 4.74 Å². The van der Waals surface area contributed by atoms with E-state index in [1.54, 1.807) is 0 Å². The summed E-state index contributed by atoms with van der Waals surface area (Å²) < 4.78 is 10.3. The lowest BCUT2D eigenvalue weighted by Crippen LogP contribution is -2.60. The molecular formula is C13H15NO10. The quantitative estimate of drug-likeness (QED) is 0.310. The second kappa shape index (κ2) is 7.07. The average molecular weight is 345 g/mol. The molecule has 0 aromatic heterocycles. The summed E-state index contributed by atoms with van der Waals surface area (Å²) in [5.41, 5.74) is -1.03. The molecule has 1 aliphatic heterocycles. The Kier molecular flexibility index (Phi) is 5.31. The van der Waals surface area contributed by atoms with E-state index in [2.05, 4.69) is 0 Å². The van der Waals surface area contributed by atoms with Crippen molar-refractivity contribution in [1.29, 1.82) is 0 Å². The van der Waals surface area contributed by atoms with Crippen LogP contribution < -0.4 is 4.74 Å². The van der Waals surface area contributed by atoms with Gasteiger partial charge in [-0.05, 0) is 6.07 Å². The maximum atomic E-state index is 11.2. The molecule has 0 spiro atoms. The standard InChI is InChI=1S/C13H15NO10/c15-4-8-9(16)10(17)11(18)13(24-8)23-7-2-1-5(14(21)22)3-6(7)12(19)20/h1-3,8-11,13,15-18H,4H2,(H,19,20)/t8-,9+,10+,11-,13-/m1/s1. The first-order valence-electron chi connectivity index (χ1n) is 6.75. The van der Waals surface area contributed by atoms with Crippen LogP contribution in [0.4, 0.5) is 5.69 Å². The van der Waals surface area contributed by atoms with E-state index in [-0.39, 0.29) is 5.75 Å². The lowest BCUT2D eigenvalue weighted by Gasteiger charge is -2.39. The Morgan fingerprint density at radius 3 is 2.46 bits per heavy atom. The molecular weight excluding hydrogens is 330 g/mol. The predicted octanol–water partition coefficient (Wildman–Crippen LogP) is -1.53. The van der Waals surface area contributed by atoms with Gasteiger partial charge in [0.05, 0.1) is 11.5 Å². The van der Waals surface area contributed by atoms with Crippen LogP contribution in [0.3, 0.4) is 0 Å². The predicted molar refractivity (Wildman–Crippen MR) is 74.5 cm³/mol. The molecule has 0 aliphatic carbocycles. The van der Waals surface area contributed by atoms with Crippen molar-refractivity contribution in [3.05, 3.63) is 33.9 Å². The zero-order valence-corrected chi connectivity index (χ0v) is 12.1. The van der Waals surface area contributed by atoms with E-state index in [1.807, 2.05) is 0 Å². The summed E-state index contributed by atoms with van der Waals surface area (Å²) in [6, 6.07) is 2.76. The summed E-state index contributed by atoms with van der Waals surface area (Å²) in [7, 11) is 0. The van der Waals surface area contributed by atoms with E-state index in [9.17, 15) is 30.2 Å². The highest BCUT2D eigenvalue weighted by Crippen LogP contribution is 2.29. The van der Waals surface area contributed by atoms with Crippen LogP contribution in [0.2, 0.25) is 0 Å². The third-order valence-electron chi connectivity index (χ3n) is 3.50. The maximum absolute atomic E-state index is 11.2. The number of benzene rings is 1. The molecule has 1 heterocycles. The maximum Gasteiger partial charge on any atom is 0.339 e. The van der Waals surface area contributed by atoms with E-state index in [0.29, 0.717) is 0 Å². The molecule has 2 rings (SSSR count). The molecule has 0 saturated carbocycles. The van der Waals surface area contributed by atoms with Crippen molar-refractivity contribution in [2.24, 2.45) is 0 Å². The van der Waals surface area contributed by atoms with E-state index in [4.69, 9.17) is 19.7 Å². The van der Waals surface area contributed by atoms with Gasteiger partial charge in [0.15, 0.2) is 0 Å². The first kappa shape index (κ1) is 18.0. The molecule has 1 aromatic carbocycles. The van der Waals surface area contributed by atoms with Crippen molar-refractivity contribution in [3.8, 4) is 5.75 Å². The summed E-state index contributed by atoms with van der Waals surface area (Å²) in [5.74, 6) is -1.87. The number of aromatic carboxylic acids is 1. The molecule has 132 valence electrons. The van der Waals surface area contributed by atoms with Gasteiger partial charge in [0.2, 0.25) is 6.29 Å². The second-order valence-corrected chi connectivity index (χ2v) is 5.06. The Labute approximate surface area is 134 Å². The lowest BCUT2D eigenvalue weighted by molar-refractivity contribution is -0.384. The van der Waals surface area contributed by atoms with Crippen LogP contribution in [0, 0.1) is 10.1 Å². The van der Waals surface area contributed by atoms with Gasteiger partial charge in [-0.25, -0.2) is 4.79 Å². The minimum atomic E-state index is -1.74. The molecule has 24 heavy (non-hydrogen) atoms. The molecule has 1 aliphatic rings. The van der Waals surface area contributed by atoms with Gasteiger partial charge in [-0.3, -0.25) is 10.1 Å². The van der Waals surface area contributed by atoms with Crippen LogP contribution in [0.5, 0.6) is 5.75 Å². The monoisotopic (exact) mass is 345 g/mol. The summed E-state index contributed by atoms with van der Waals surface area (Å²) in [6.45, 7) is -0.684. The third kappa shape index (κ3) is 3.44. The van der Waals surface area contributed by atoms with Crippen molar-refractivity contribution in [2.45, 2.75) is 30.7 Å². The van der Waals surface area contributed by atoms with Gasteiger partial charge >= 0.3 is 5.97 Å². The minimum absolute atomic E-state index is 0.350. The first-order chi connectivity index (χ1) is 11.3. The molecule has 0 amide bonds. The SMILES string of the molecule is O=C(O)c1cc([N+](=O)[O-])ccc1O[C@@H]1O[C@H](CO)[C@H](O)[C@H](O)[C@H]1O. The Balaban J connectivity index is 2.29. The summed E-state index contributed by atoms with van der Waals surface area (Å²) in [5, 5.41) is 58.1. The Morgan fingerprint density at radius 1 is 1.25 bits per heavy atom. The summed E-state index contributed by atoms with van der Waals surface area (Å²) in [4.78, 5) is 21.1. The minimum Gasteiger partial charge on any atom is -0.478 e. The number of nitro benzene ring substituents is 1. The van der Waals surface area contributed by atoms with Gasteiger partial charge in [-0.2, -0.15) is 0 Å².